The lowest BCUT2D eigenvalue weighted by Gasteiger charge is -1.96. The van der Waals surface area contributed by atoms with Crippen molar-refractivity contribution in [2.24, 2.45) is 4.99 Å². The molecule has 76 valence electrons. The molecule has 0 bridgehead atoms. The molecule has 0 unspecified atom stereocenters. The van der Waals surface area contributed by atoms with Crippen molar-refractivity contribution < 1.29 is 19.6 Å². The summed E-state index contributed by atoms with van der Waals surface area (Å²) in [5.74, 6) is -1.33. The van der Waals surface area contributed by atoms with Gasteiger partial charge >= 0.3 is 5.97 Å². The summed E-state index contributed by atoms with van der Waals surface area (Å²) >= 11 is 0. The number of nitrogens with zero attached hydrogens (tertiary/aromatic N) is 2. The van der Waals surface area contributed by atoms with Crippen molar-refractivity contribution >= 4 is 23.4 Å². The van der Waals surface area contributed by atoms with Crippen molar-refractivity contribution in [1.29, 1.82) is 0 Å². The molecule has 0 aliphatic rings. The number of aliphatic imine (C=N–C) groups is 1. The molecule has 0 atom stereocenters. The van der Waals surface area contributed by atoms with Crippen molar-refractivity contribution in [1.82, 2.24) is 0 Å². The Labute approximate surface area is 82.8 Å². The van der Waals surface area contributed by atoms with Crippen LogP contribution in [0.4, 0.5) is 11.4 Å². The van der Waals surface area contributed by atoms with Gasteiger partial charge in [0.25, 0.3) is 5.69 Å². The molecule has 0 aliphatic carbocycles. The molecule has 0 aliphatic heterocycles. The maximum atomic E-state index is 10.6. The van der Waals surface area contributed by atoms with Gasteiger partial charge in [0.1, 0.15) is 0 Å². The third-order valence-corrected chi connectivity index (χ3v) is 1.54. The van der Waals surface area contributed by atoms with E-state index in [2.05, 4.69) is 4.99 Å². The molecule has 0 heterocycles. The summed E-state index contributed by atoms with van der Waals surface area (Å²) in [6, 6.07) is 2.91. The van der Waals surface area contributed by atoms with Crippen LogP contribution in [0.15, 0.2) is 23.2 Å². The monoisotopic (exact) mass is 208 g/mol. The van der Waals surface area contributed by atoms with Gasteiger partial charge in [0.05, 0.1) is 16.2 Å². The Hall–Kier alpha value is -2.53. The zero-order valence-corrected chi connectivity index (χ0v) is 7.21. The van der Waals surface area contributed by atoms with Crippen LogP contribution in [-0.2, 0) is 4.79 Å². The highest BCUT2D eigenvalue weighted by Gasteiger charge is 2.13. The molecule has 7 nitrogen and oxygen atoms in total. The first kappa shape index (κ1) is 10.6. The van der Waals surface area contributed by atoms with Gasteiger partial charge in [-0.05, 0) is 6.07 Å². The van der Waals surface area contributed by atoms with Gasteiger partial charge in [-0.1, -0.05) is 0 Å². The molecule has 0 spiro atoms. The van der Waals surface area contributed by atoms with Gasteiger partial charge < -0.3 is 5.11 Å². The van der Waals surface area contributed by atoms with Crippen LogP contribution in [0.2, 0.25) is 0 Å². The molecule has 0 fully saturated rings. The van der Waals surface area contributed by atoms with E-state index in [9.17, 15) is 19.7 Å². The largest absolute Gasteiger partial charge is 0.478 e. The average molecular weight is 208 g/mol. The van der Waals surface area contributed by atoms with Gasteiger partial charge in [-0.3, -0.25) is 10.1 Å². The van der Waals surface area contributed by atoms with E-state index < -0.39 is 16.6 Å². The van der Waals surface area contributed by atoms with Crippen LogP contribution in [0.5, 0.6) is 0 Å². The Morgan fingerprint density at radius 3 is 2.60 bits per heavy atom. The minimum atomic E-state index is -1.33. The van der Waals surface area contributed by atoms with Crippen molar-refractivity contribution in [3.05, 3.63) is 33.9 Å². The van der Waals surface area contributed by atoms with Gasteiger partial charge in [-0.15, -0.1) is 0 Å². The molecular weight excluding hydrogens is 204 g/mol. The fourth-order valence-electron chi connectivity index (χ4n) is 0.941. The number of aromatic carboxylic acids is 1. The van der Waals surface area contributed by atoms with Gasteiger partial charge in [-0.2, -0.15) is 4.99 Å². The number of hydrogen-bond donors (Lipinski definition) is 1. The predicted molar refractivity (Wildman–Crippen MR) is 47.8 cm³/mol. The number of nitro groups is 1. The minimum absolute atomic E-state index is 0.114. The zero-order valence-electron chi connectivity index (χ0n) is 7.21. The van der Waals surface area contributed by atoms with Gasteiger partial charge in [-0.25, -0.2) is 9.59 Å². The quantitative estimate of drug-likeness (QED) is 0.348. The number of carbonyl (C=O) groups excluding carboxylic acids is 1. The summed E-state index contributed by atoms with van der Waals surface area (Å²) in [7, 11) is 0. The molecule has 1 rings (SSSR count). The number of carboxylic acid groups (broad SMARTS) is 1. The second-order valence-electron chi connectivity index (χ2n) is 2.50. The van der Waals surface area contributed by atoms with E-state index in [4.69, 9.17) is 5.11 Å². The molecule has 0 saturated heterocycles. The second-order valence-corrected chi connectivity index (χ2v) is 2.50. The van der Waals surface area contributed by atoms with Crippen LogP contribution in [0, 0.1) is 10.1 Å². The first-order valence-corrected chi connectivity index (χ1v) is 3.65. The van der Waals surface area contributed by atoms with E-state index in [1.165, 1.54) is 6.08 Å². The molecule has 15 heavy (non-hydrogen) atoms. The van der Waals surface area contributed by atoms with Crippen LogP contribution in [0.1, 0.15) is 10.4 Å². The normalized spacial score (nSPS) is 9.07. The number of hydrogen-bond acceptors (Lipinski definition) is 5. The van der Waals surface area contributed by atoms with E-state index in [0.29, 0.717) is 0 Å². The van der Waals surface area contributed by atoms with Crippen LogP contribution in [0.25, 0.3) is 0 Å². The van der Waals surface area contributed by atoms with E-state index in [-0.39, 0.29) is 11.3 Å². The predicted octanol–water partition coefficient (Wildman–Crippen LogP) is 1.26. The number of nitro benzene ring substituents is 1. The number of benzene rings is 1. The molecular formula is C8H4N2O5. The summed E-state index contributed by atoms with van der Waals surface area (Å²) < 4.78 is 0. The van der Waals surface area contributed by atoms with Crippen molar-refractivity contribution in [3.63, 3.8) is 0 Å². The fourth-order valence-corrected chi connectivity index (χ4v) is 0.941. The van der Waals surface area contributed by atoms with Crippen LogP contribution < -0.4 is 0 Å². The van der Waals surface area contributed by atoms with Crippen molar-refractivity contribution in [2.75, 3.05) is 0 Å². The smallest absolute Gasteiger partial charge is 0.336 e. The van der Waals surface area contributed by atoms with Crippen molar-refractivity contribution in [3.8, 4) is 0 Å². The van der Waals surface area contributed by atoms with Crippen LogP contribution in [-0.4, -0.2) is 22.1 Å². The third kappa shape index (κ3) is 2.45. The van der Waals surface area contributed by atoms with Gasteiger partial charge in [0, 0.05) is 12.1 Å². The van der Waals surface area contributed by atoms with E-state index in [1.54, 1.807) is 0 Å². The summed E-state index contributed by atoms with van der Waals surface area (Å²) in [5, 5.41) is 19.0. The number of carboxylic acids is 1. The lowest BCUT2D eigenvalue weighted by molar-refractivity contribution is -0.384. The zero-order chi connectivity index (χ0) is 11.4. The van der Waals surface area contributed by atoms with Crippen LogP contribution >= 0.6 is 0 Å². The standard InChI is InChI=1S/C8H4N2O5/c11-4-9-6-1-5(8(12)13)2-7(3-6)10(14)15/h1-3H,(H,12,13). The SMILES string of the molecule is O=C=Nc1cc(C(=O)O)cc([N+](=O)[O-])c1. The van der Waals surface area contributed by atoms with Crippen molar-refractivity contribution in [2.45, 2.75) is 0 Å². The fraction of sp³-hybridized carbons (Fsp3) is 0. The second kappa shape index (κ2) is 4.12. The minimum Gasteiger partial charge on any atom is -0.478 e. The molecule has 0 aromatic heterocycles. The summed E-state index contributed by atoms with van der Waals surface area (Å²) in [6.07, 6.45) is 1.18. The molecule has 7 heteroatoms. The Morgan fingerprint density at radius 2 is 2.13 bits per heavy atom. The van der Waals surface area contributed by atoms with E-state index in [0.717, 1.165) is 18.2 Å². The van der Waals surface area contributed by atoms with E-state index in [1.807, 2.05) is 0 Å². The maximum Gasteiger partial charge on any atom is 0.336 e. The highest BCUT2D eigenvalue weighted by Crippen LogP contribution is 2.22. The maximum absolute atomic E-state index is 10.6. The molecule has 1 aromatic rings. The highest BCUT2D eigenvalue weighted by molar-refractivity contribution is 5.89. The van der Waals surface area contributed by atoms with E-state index >= 15 is 0 Å². The number of carbonyl (C=O) groups is 1. The average Bonchev–Trinajstić information content (AvgIpc) is 2.17. The number of non-ortho nitro benzene ring substituents is 1. The number of rotatable bonds is 3. The number of isocyanates is 1. The topological polar surface area (TPSA) is 110 Å². The first-order chi connectivity index (χ1) is 7.04. The Balaban J connectivity index is 3.38. The van der Waals surface area contributed by atoms with Crippen LogP contribution in [0.3, 0.4) is 0 Å². The molecule has 0 radical (unpaired) electrons. The summed E-state index contributed by atoms with van der Waals surface area (Å²) in [6.45, 7) is 0. The summed E-state index contributed by atoms with van der Waals surface area (Å²) in [4.78, 5) is 33.3. The molecule has 1 aromatic carbocycles. The van der Waals surface area contributed by atoms with Gasteiger partial charge in [0.15, 0.2) is 0 Å². The Kier molecular flexibility index (Phi) is 2.90. The third-order valence-electron chi connectivity index (χ3n) is 1.54. The Bertz CT molecular complexity index is 413. The lowest BCUT2D eigenvalue weighted by atomic mass is 10.2. The molecule has 1 N–H and O–H groups in total. The van der Waals surface area contributed by atoms with Gasteiger partial charge in [0.2, 0.25) is 6.08 Å². The Morgan fingerprint density at radius 1 is 1.47 bits per heavy atom. The lowest BCUT2D eigenvalue weighted by Crippen LogP contribution is -1.97. The first-order valence-electron chi connectivity index (χ1n) is 3.65. The highest BCUT2D eigenvalue weighted by atomic mass is 16.6. The molecule has 0 amide bonds. The molecule has 0 saturated carbocycles. The summed E-state index contributed by atoms with van der Waals surface area (Å²) in [5.41, 5.74) is -0.862.